The van der Waals surface area contributed by atoms with E-state index in [-0.39, 0.29) is 67.0 Å². The molecule has 4 bridgehead atoms. The number of amides is 1. The molecule has 0 aromatic rings. The van der Waals surface area contributed by atoms with E-state index in [2.05, 4.69) is 10.9 Å². The molecule has 6 heteroatoms. The molecule has 0 heterocycles. The van der Waals surface area contributed by atoms with Crippen LogP contribution in [-0.2, 0) is 17.4 Å². The van der Waals surface area contributed by atoms with Gasteiger partial charge in [-0.25, -0.2) is 0 Å². The first kappa shape index (κ1) is 15.6. The quantitative estimate of drug-likeness (QED) is 0.272. The Labute approximate surface area is 161 Å². The molecule has 0 aliphatic heterocycles. The number of carbonyl (C=O) groups excluding carboxylic acids is 1. The maximum absolute atomic E-state index is 12.3. The molecular formula is C12H17KN2OS2. The summed E-state index contributed by atoms with van der Waals surface area (Å²) in [6.07, 6.45) is 7.24. The van der Waals surface area contributed by atoms with E-state index in [1.165, 1.54) is 19.3 Å². The van der Waals surface area contributed by atoms with Crippen LogP contribution in [-0.4, -0.2) is 10.2 Å². The van der Waals surface area contributed by atoms with E-state index >= 15 is 0 Å². The summed E-state index contributed by atoms with van der Waals surface area (Å²) in [6.45, 7) is 0. The van der Waals surface area contributed by atoms with Gasteiger partial charge in [0.25, 0.3) is 0 Å². The summed E-state index contributed by atoms with van der Waals surface area (Å²) in [5.74, 6) is 2.45. The molecule has 0 unspecified atom stereocenters. The SMILES string of the molecule is O=C(NNC(=S)[S-])C12CC3CC(CC(C3)C1)C2.[K+]. The molecule has 4 aliphatic carbocycles. The third-order valence-electron chi connectivity index (χ3n) is 4.80. The second kappa shape index (κ2) is 5.91. The second-order valence-electron chi connectivity index (χ2n) is 6.06. The van der Waals surface area contributed by atoms with Crippen LogP contribution < -0.4 is 62.2 Å². The van der Waals surface area contributed by atoms with Crippen molar-refractivity contribution in [3.63, 3.8) is 0 Å². The minimum absolute atomic E-state index is 0. The summed E-state index contributed by atoms with van der Waals surface area (Å²) >= 11 is 9.49. The molecule has 0 atom stereocenters. The van der Waals surface area contributed by atoms with Crippen molar-refractivity contribution in [2.75, 3.05) is 0 Å². The molecule has 0 spiro atoms. The standard InChI is InChI=1S/C12H18N2OS2.K/c15-10(13-14-11(16)17)12-4-7-1-8(5-12)3-9(2-7)6-12;/h7-9H,1-6H2,(H,13,15)(H2,14,16,17);/q;+1/p-1. The van der Waals surface area contributed by atoms with Crippen molar-refractivity contribution in [3.05, 3.63) is 0 Å². The summed E-state index contributed by atoms with van der Waals surface area (Å²) in [7, 11) is 0. The third kappa shape index (κ3) is 2.94. The van der Waals surface area contributed by atoms with Gasteiger partial charge < -0.3 is 30.3 Å². The van der Waals surface area contributed by atoms with Crippen LogP contribution in [0.3, 0.4) is 0 Å². The van der Waals surface area contributed by atoms with Crippen LogP contribution in [0.2, 0.25) is 0 Å². The first-order chi connectivity index (χ1) is 8.07. The van der Waals surface area contributed by atoms with Crippen LogP contribution in [0.15, 0.2) is 0 Å². The fourth-order valence-electron chi connectivity index (χ4n) is 4.63. The molecule has 18 heavy (non-hydrogen) atoms. The Balaban J connectivity index is 0.00000120. The van der Waals surface area contributed by atoms with Gasteiger partial charge in [-0.1, -0.05) is 0 Å². The molecule has 3 nitrogen and oxygen atoms in total. The molecule has 0 aromatic carbocycles. The summed E-state index contributed by atoms with van der Waals surface area (Å²) in [5.41, 5.74) is 5.20. The van der Waals surface area contributed by atoms with E-state index in [4.69, 9.17) is 24.8 Å². The van der Waals surface area contributed by atoms with Gasteiger partial charge in [0, 0.05) is 0 Å². The minimum atomic E-state index is -0.123. The van der Waals surface area contributed by atoms with Gasteiger partial charge in [-0.15, -0.1) is 0 Å². The van der Waals surface area contributed by atoms with Crippen LogP contribution in [0.5, 0.6) is 0 Å². The maximum atomic E-state index is 12.3. The Morgan fingerprint density at radius 2 is 1.50 bits per heavy atom. The molecule has 4 aliphatic rings. The van der Waals surface area contributed by atoms with E-state index < -0.39 is 0 Å². The first-order valence-electron chi connectivity index (χ1n) is 6.35. The van der Waals surface area contributed by atoms with E-state index in [1.54, 1.807) is 0 Å². The molecule has 4 rings (SSSR count). The van der Waals surface area contributed by atoms with Crippen molar-refractivity contribution in [1.29, 1.82) is 0 Å². The topological polar surface area (TPSA) is 41.1 Å². The monoisotopic (exact) mass is 308 g/mol. The Hall–Kier alpha value is 1.22. The number of hydrogen-bond donors (Lipinski definition) is 2. The van der Waals surface area contributed by atoms with Gasteiger partial charge in [-0.05, 0) is 60.6 Å². The Bertz CT molecular complexity index is 340. The summed E-state index contributed by atoms with van der Waals surface area (Å²) in [6, 6.07) is 0. The van der Waals surface area contributed by atoms with E-state index in [0.29, 0.717) is 0 Å². The number of rotatable bonds is 1. The molecule has 4 saturated carbocycles. The maximum Gasteiger partial charge on any atom is 1.00 e. The normalized spacial score (nSPS) is 39.9. The van der Waals surface area contributed by atoms with E-state index in [1.807, 2.05) is 0 Å². The van der Waals surface area contributed by atoms with Crippen LogP contribution in [0.25, 0.3) is 0 Å². The third-order valence-corrected chi connectivity index (χ3v) is 5.00. The van der Waals surface area contributed by atoms with Crippen LogP contribution in [0, 0.1) is 23.2 Å². The Morgan fingerprint density at radius 1 is 1.06 bits per heavy atom. The zero-order valence-electron chi connectivity index (χ0n) is 10.7. The molecule has 94 valence electrons. The fraction of sp³-hybridized carbons (Fsp3) is 0.833. The van der Waals surface area contributed by atoms with Crippen molar-refractivity contribution in [1.82, 2.24) is 10.9 Å². The zero-order chi connectivity index (χ0) is 12.0. The van der Waals surface area contributed by atoms with E-state index in [0.717, 1.165) is 37.0 Å². The number of hydrogen-bond acceptors (Lipinski definition) is 3. The van der Waals surface area contributed by atoms with Crippen molar-refractivity contribution < 1.29 is 56.2 Å². The summed E-state index contributed by atoms with van der Waals surface area (Å²) in [5, 5.41) is 0. The first-order valence-corrected chi connectivity index (χ1v) is 7.16. The predicted molar refractivity (Wildman–Crippen MR) is 71.8 cm³/mol. The predicted octanol–water partition coefficient (Wildman–Crippen LogP) is -1.34. The number of hydrazine groups is 1. The average Bonchev–Trinajstić information content (AvgIpc) is 2.23. The second-order valence-corrected chi connectivity index (χ2v) is 7.14. The summed E-state index contributed by atoms with van der Waals surface area (Å²) in [4.78, 5) is 12.3. The van der Waals surface area contributed by atoms with E-state index in [9.17, 15) is 4.79 Å². The van der Waals surface area contributed by atoms with Gasteiger partial charge >= 0.3 is 51.4 Å². The molecular weight excluding hydrogens is 291 g/mol. The fourth-order valence-corrected chi connectivity index (χ4v) is 4.73. The number of thiocarbonyl (C=S) groups is 1. The van der Waals surface area contributed by atoms with Gasteiger partial charge in [0.2, 0.25) is 5.91 Å². The van der Waals surface area contributed by atoms with Crippen molar-refractivity contribution in [2.24, 2.45) is 23.2 Å². The zero-order valence-corrected chi connectivity index (χ0v) is 15.5. The number of carbonyl (C=O) groups is 1. The van der Waals surface area contributed by atoms with Crippen LogP contribution in [0.1, 0.15) is 38.5 Å². The molecule has 1 amide bonds. The average molecular weight is 309 g/mol. The number of nitrogens with one attached hydrogen (secondary N) is 2. The Morgan fingerprint density at radius 3 is 1.89 bits per heavy atom. The van der Waals surface area contributed by atoms with Crippen molar-refractivity contribution in [3.8, 4) is 0 Å². The van der Waals surface area contributed by atoms with Crippen molar-refractivity contribution in [2.45, 2.75) is 38.5 Å². The van der Waals surface area contributed by atoms with Crippen LogP contribution >= 0.6 is 12.2 Å². The van der Waals surface area contributed by atoms with Crippen molar-refractivity contribution >= 4 is 35.1 Å². The van der Waals surface area contributed by atoms with Gasteiger partial charge in [0.1, 0.15) is 0 Å². The molecule has 0 aromatic heterocycles. The van der Waals surface area contributed by atoms with Gasteiger partial charge in [-0.3, -0.25) is 10.2 Å². The van der Waals surface area contributed by atoms with Gasteiger partial charge in [0.15, 0.2) is 0 Å². The van der Waals surface area contributed by atoms with Gasteiger partial charge in [-0.2, -0.15) is 0 Å². The smallest absolute Gasteiger partial charge is 0.410 e. The minimum Gasteiger partial charge on any atom is -0.410 e. The Kier molecular flexibility index (Phi) is 5.13. The summed E-state index contributed by atoms with van der Waals surface area (Å²) < 4.78 is 0.211. The molecule has 2 N–H and O–H groups in total. The molecule has 4 fully saturated rings. The molecule has 0 saturated heterocycles. The van der Waals surface area contributed by atoms with Gasteiger partial charge in [0.05, 0.1) is 5.41 Å². The van der Waals surface area contributed by atoms with Crippen LogP contribution in [0.4, 0.5) is 0 Å². The molecule has 0 radical (unpaired) electrons. The largest absolute Gasteiger partial charge is 1.00 e.